The molecule has 0 bridgehead atoms. The summed E-state index contributed by atoms with van der Waals surface area (Å²) in [5.74, 6) is -3.88. The molecular formula is C19H34N3O13P. The summed E-state index contributed by atoms with van der Waals surface area (Å²) in [5.41, 5.74) is 5.19. The van der Waals surface area contributed by atoms with Crippen molar-refractivity contribution in [2.75, 3.05) is 27.4 Å². The van der Waals surface area contributed by atoms with Gasteiger partial charge in [-0.3, -0.25) is 14.5 Å². The van der Waals surface area contributed by atoms with Crippen LogP contribution in [0.3, 0.4) is 0 Å². The first-order valence-electron chi connectivity index (χ1n) is 10.9. The third-order valence-corrected chi connectivity index (χ3v) is 6.84. The Morgan fingerprint density at radius 3 is 2.61 bits per heavy atom. The van der Waals surface area contributed by atoms with Crippen LogP contribution in [-0.4, -0.2) is 113 Å². The zero-order chi connectivity index (χ0) is 27.1. The molecule has 2 fully saturated rings. The van der Waals surface area contributed by atoms with Crippen LogP contribution >= 0.6 is 7.82 Å². The fourth-order valence-corrected chi connectivity index (χ4v) is 4.80. The highest BCUT2D eigenvalue weighted by atomic mass is 31.2. The van der Waals surface area contributed by atoms with Crippen LogP contribution in [-0.2, 0) is 37.1 Å². The molecule has 208 valence electrons. The number of rotatable bonds is 13. The molecule has 0 aromatic rings. The molecule has 0 amide bonds. The largest absolute Gasteiger partial charge is 0.477 e. The summed E-state index contributed by atoms with van der Waals surface area (Å²) in [6.45, 7) is -1.23. The van der Waals surface area contributed by atoms with E-state index in [1.165, 1.54) is 12.3 Å². The maximum Gasteiger partial charge on any atom is 0.477 e. The molecule has 2 aliphatic rings. The van der Waals surface area contributed by atoms with E-state index in [9.17, 15) is 29.8 Å². The SMILES string of the molecule is COC(=O)C1(OP(=O)(OC)OCC2OC(N/C=C\C(=N)N)C(O)C2O)CC(O)CC(C[C@H](O)CO)O1. The molecule has 0 radical (unpaired) electrons. The molecule has 2 saturated heterocycles. The smallest absolute Gasteiger partial charge is 0.465 e. The van der Waals surface area contributed by atoms with E-state index < -0.39 is 82.1 Å². The first-order chi connectivity index (χ1) is 16.9. The van der Waals surface area contributed by atoms with Crippen LogP contribution in [0.25, 0.3) is 0 Å². The topological polar surface area (TPSA) is 253 Å². The molecule has 0 aromatic carbocycles. The zero-order valence-electron chi connectivity index (χ0n) is 19.8. The minimum Gasteiger partial charge on any atom is -0.465 e. The van der Waals surface area contributed by atoms with Crippen LogP contribution in [0.15, 0.2) is 12.3 Å². The lowest BCUT2D eigenvalue weighted by Gasteiger charge is -2.41. The van der Waals surface area contributed by atoms with Crippen LogP contribution in [0.1, 0.15) is 19.3 Å². The number of aliphatic hydroxyl groups is 5. The standard InChI is InChI=1S/C19H34N3O13P/c1-30-18(28)19(7-10(24)5-12(34-19)6-11(25)8-23)35-36(29,31-2)32-9-13-15(26)16(27)17(33-13)22-4-3-14(20)21/h3-4,10-13,15-17,22-27H,5-9H2,1-2H3,(H3,20,21)/b4-3-/t10?,11-,12?,13?,15?,16?,17?,19?,36?/m0/s1. The number of ether oxygens (including phenoxy) is 3. The Morgan fingerprint density at radius 1 is 1.33 bits per heavy atom. The first kappa shape index (κ1) is 30.5. The predicted molar refractivity (Wildman–Crippen MR) is 119 cm³/mol. The number of nitrogens with two attached hydrogens (primary N) is 1. The first-order valence-corrected chi connectivity index (χ1v) is 12.4. The van der Waals surface area contributed by atoms with Crippen LogP contribution in [0, 0.1) is 5.41 Å². The number of esters is 1. The maximum absolute atomic E-state index is 13.3. The Labute approximate surface area is 207 Å². The second-order valence-corrected chi connectivity index (χ2v) is 9.90. The van der Waals surface area contributed by atoms with Crippen molar-refractivity contribution in [2.24, 2.45) is 5.73 Å². The maximum atomic E-state index is 13.3. The van der Waals surface area contributed by atoms with Gasteiger partial charge in [0, 0.05) is 26.2 Å². The van der Waals surface area contributed by atoms with Crippen molar-refractivity contribution in [3.63, 3.8) is 0 Å². The van der Waals surface area contributed by atoms with Crippen molar-refractivity contribution in [1.29, 1.82) is 5.41 Å². The van der Waals surface area contributed by atoms with Gasteiger partial charge in [0.2, 0.25) is 0 Å². The number of amidine groups is 1. The van der Waals surface area contributed by atoms with Gasteiger partial charge in [0.05, 0.1) is 38.6 Å². The van der Waals surface area contributed by atoms with Crippen molar-refractivity contribution in [3.05, 3.63) is 12.3 Å². The molecule has 9 atom stereocenters. The molecule has 9 N–H and O–H groups in total. The molecule has 8 unspecified atom stereocenters. The number of carbonyl (C=O) groups is 1. The lowest BCUT2D eigenvalue weighted by molar-refractivity contribution is -0.268. The van der Waals surface area contributed by atoms with E-state index in [1.807, 2.05) is 0 Å². The fraction of sp³-hybridized carbons (Fsp3) is 0.789. The van der Waals surface area contributed by atoms with E-state index in [1.54, 1.807) is 0 Å². The Bertz CT molecular complexity index is 832. The number of phosphoric ester groups is 1. The van der Waals surface area contributed by atoms with Crippen LogP contribution in [0.2, 0.25) is 0 Å². The lowest BCUT2D eigenvalue weighted by Crippen LogP contribution is -2.54. The van der Waals surface area contributed by atoms with E-state index >= 15 is 0 Å². The molecule has 0 aliphatic carbocycles. The van der Waals surface area contributed by atoms with E-state index in [0.717, 1.165) is 14.2 Å². The van der Waals surface area contributed by atoms with Crippen molar-refractivity contribution >= 4 is 19.6 Å². The van der Waals surface area contributed by atoms with Gasteiger partial charge in [-0.1, -0.05) is 0 Å². The Morgan fingerprint density at radius 2 is 2.03 bits per heavy atom. The van der Waals surface area contributed by atoms with Crippen LogP contribution in [0.5, 0.6) is 0 Å². The number of hydrogen-bond donors (Lipinski definition) is 8. The minimum atomic E-state index is -4.65. The van der Waals surface area contributed by atoms with Gasteiger partial charge in [0.1, 0.15) is 24.1 Å². The number of nitrogens with one attached hydrogen (secondary N) is 2. The number of phosphoric acid groups is 1. The Kier molecular flexibility index (Phi) is 11.2. The van der Waals surface area contributed by atoms with Gasteiger partial charge in [0.15, 0.2) is 6.23 Å². The summed E-state index contributed by atoms with van der Waals surface area (Å²) >= 11 is 0. The van der Waals surface area contributed by atoms with Gasteiger partial charge >= 0.3 is 13.8 Å². The molecule has 2 rings (SSSR count). The van der Waals surface area contributed by atoms with Crippen molar-refractivity contribution in [2.45, 2.75) is 67.9 Å². The minimum absolute atomic E-state index is 0.0240. The van der Waals surface area contributed by atoms with E-state index in [4.69, 9.17) is 44.0 Å². The fourth-order valence-electron chi connectivity index (χ4n) is 3.69. The second-order valence-electron chi connectivity index (χ2n) is 8.20. The molecule has 16 nitrogen and oxygen atoms in total. The summed E-state index contributed by atoms with van der Waals surface area (Å²) in [5, 5.41) is 59.3. The van der Waals surface area contributed by atoms with E-state index in [-0.39, 0.29) is 18.7 Å². The summed E-state index contributed by atoms with van der Waals surface area (Å²) in [6.07, 6.45) is -7.02. The quantitative estimate of drug-likeness (QED) is 0.0513. The summed E-state index contributed by atoms with van der Waals surface area (Å²) < 4.78 is 44.5. The molecule has 2 heterocycles. The third kappa shape index (κ3) is 7.90. The van der Waals surface area contributed by atoms with Crippen LogP contribution in [0.4, 0.5) is 0 Å². The normalized spacial score (nSPS) is 35.3. The highest BCUT2D eigenvalue weighted by Crippen LogP contribution is 2.55. The highest BCUT2D eigenvalue weighted by molar-refractivity contribution is 7.48. The van der Waals surface area contributed by atoms with Crippen LogP contribution < -0.4 is 11.1 Å². The average molecular weight is 543 g/mol. The number of hydrogen-bond acceptors (Lipinski definition) is 15. The summed E-state index contributed by atoms with van der Waals surface area (Å²) in [6, 6.07) is 0. The molecule has 0 saturated carbocycles. The molecule has 36 heavy (non-hydrogen) atoms. The monoisotopic (exact) mass is 543 g/mol. The van der Waals surface area contributed by atoms with Gasteiger partial charge in [-0.25, -0.2) is 13.9 Å². The molecule has 17 heteroatoms. The Balaban J connectivity index is 2.14. The average Bonchev–Trinajstić information content (AvgIpc) is 3.09. The van der Waals surface area contributed by atoms with Gasteiger partial charge in [-0.2, -0.15) is 0 Å². The van der Waals surface area contributed by atoms with E-state index in [0.29, 0.717) is 0 Å². The zero-order valence-corrected chi connectivity index (χ0v) is 20.7. The van der Waals surface area contributed by atoms with Crippen molar-refractivity contribution in [1.82, 2.24) is 5.32 Å². The van der Waals surface area contributed by atoms with Crippen molar-refractivity contribution in [3.8, 4) is 0 Å². The highest BCUT2D eigenvalue weighted by Gasteiger charge is 2.55. The number of methoxy groups -OCH3 is 1. The van der Waals surface area contributed by atoms with Gasteiger partial charge in [-0.05, 0) is 12.5 Å². The van der Waals surface area contributed by atoms with Gasteiger partial charge in [0.25, 0.3) is 5.79 Å². The van der Waals surface area contributed by atoms with Gasteiger partial charge < -0.3 is 50.8 Å². The summed E-state index contributed by atoms with van der Waals surface area (Å²) in [4.78, 5) is 12.6. The van der Waals surface area contributed by atoms with Crippen molar-refractivity contribution < 1.29 is 62.7 Å². The Hall–Kier alpha value is -1.69. The molecular weight excluding hydrogens is 509 g/mol. The predicted octanol–water partition coefficient (Wildman–Crippen LogP) is -2.59. The van der Waals surface area contributed by atoms with Gasteiger partial charge in [-0.15, -0.1) is 0 Å². The second kappa shape index (κ2) is 13.2. The third-order valence-electron chi connectivity index (χ3n) is 5.40. The van der Waals surface area contributed by atoms with E-state index in [2.05, 4.69) is 5.32 Å². The lowest BCUT2D eigenvalue weighted by atomic mass is 9.95. The molecule has 2 aliphatic heterocycles. The summed E-state index contributed by atoms with van der Waals surface area (Å²) in [7, 11) is -2.69. The molecule has 0 aromatic heterocycles. The number of carbonyl (C=O) groups excluding carboxylic acids is 1. The molecule has 0 spiro atoms. The number of aliphatic hydroxyl groups excluding tert-OH is 5.